The smallest absolute Gasteiger partial charge is 0.323 e. The van der Waals surface area contributed by atoms with Crippen molar-refractivity contribution in [3.05, 3.63) is 44.8 Å². The molecule has 1 aliphatic rings. The van der Waals surface area contributed by atoms with E-state index in [1.807, 2.05) is 17.5 Å². The second-order valence-electron chi connectivity index (χ2n) is 5.01. The van der Waals surface area contributed by atoms with Crippen LogP contribution in [-0.4, -0.2) is 27.1 Å². The molecule has 2 aromatic heterocycles. The molecule has 1 atom stereocenters. The number of aliphatic hydroxyl groups excluding tert-OH is 1. The van der Waals surface area contributed by atoms with E-state index in [1.165, 1.54) is 6.20 Å². The van der Waals surface area contributed by atoms with Crippen LogP contribution in [0.3, 0.4) is 0 Å². The second kappa shape index (κ2) is 5.26. The summed E-state index contributed by atoms with van der Waals surface area (Å²) in [5.74, 6) is -0.0820. The normalized spacial score (nSPS) is 23.1. The van der Waals surface area contributed by atoms with Crippen molar-refractivity contribution in [2.24, 2.45) is 5.92 Å². The van der Waals surface area contributed by atoms with Gasteiger partial charge in [-0.15, -0.1) is 11.3 Å². The van der Waals surface area contributed by atoms with Crippen LogP contribution >= 0.6 is 11.3 Å². The summed E-state index contributed by atoms with van der Waals surface area (Å²) in [4.78, 5) is 29.1. The lowest BCUT2D eigenvalue weighted by atomic mass is 9.76. The van der Waals surface area contributed by atoms with Crippen LogP contribution in [-0.2, 0) is 0 Å². The van der Waals surface area contributed by atoms with Crippen molar-refractivity contribution in [3.63, 3.8) is 0 Å². The van der Waals surface area contributed by atoms with Gasteiger partial charge in [0.25, 0.3) is 5.91 Å². The molecule has 0 aliphatic heterocycles. The van der Waals surface area contributed by atoms with Gasteiger partial charge in [-0.1, -0.05) is 6.07 Å². The third-order valence-corrected chi connectivity index (χ3v) is 4.55. The minimum Gasteiger partial charge on any atom is -0.393 e. The van der Waals surface area contributed by atoms with Crippen molar-refractivity contribution >= 4 is 17.2 Å². The van der Waals surface area contributed by atoms with Crippen molar-refractivity contribution in [2.45, 2.75) is 25.0 Å². The highest BCUT2D eigenvalue weighted by molar-refractivity contribution is 7.10. The molecule has 0 aromatic carbocycles. The maximum Gasteiger partial charge on any atom is 0.323 e. The fourth-order valence-electron chi connectivity index (χ4n) is 2.47. The summed E-state index contributed by atoms with van der Waals surface area (Å²) in [6, 6.07) is 3.79. The van der Waals surface area contributed by atoms with Crippen molar-refractivity contribution in [2.75, 3.05) is 0 Å². The molecule has 0 radical (unpaired) electrons. The molecule has 6 nitrogen and oxygen atoms in total. The summed E-state index contributed by atoms with van der Waals surface area (Å²) in [5.41, 5.74) is -0.182. The number of hydrogen-bond donors (Lipinski definition) is 4. The van der Waals surface area contributed by atoms with Crippen molar-refractivity contribution in [3.8, 4) is 0 Å². The summed E-state index contributed by atoms with van der Waals surface area (Å²) in [6.07, 6.45) is 2.46. The molecule has 106 valence electrons. The number of H-pyrrole nitrogens is 2. The maximum atomic E-state index is 12.1. The number of carbonyl (C=O) groups excluding carboxylic acids is 1. The van der Waals surface area contributed by atoms with Crippen LogP contribution in [0.1, 0.15) is 34.2 Å². The van der Waals surface area contributed by atoms with Gasteiger partial charge in [0.1, 0.15) is 5.69 Å². The first-order valence-corrected chi connectivity index (χ1v) is 7.31. The van der Waals surface area contributed by atoms with E-state index in [9.17, 15) is 14.7 Å². The van der Waals surface area contributed by atoms with E-state index in [0.29, 0.717) is 12.8 Å². The standard InChI is InChI=1S/C13H15N3O3S/c17-8-4-7(5-8)11(10-2-1-3-20-10)16-12(18)9-6-14-13(19)15-9/h1-3,6-8,11,17H,4-5H2,(H,16,18)(H2,14,15,19)/t7?,8?,11-/m1/s1. The highest BCUT2D eigenvalue weighted by atomic mass is 32.1. The lowest BCUT2D eigenvalue weighted by Crippen LogP contribution is -2.41. The van der Waals surface area contributed by atoms with Crippen molar-refractivity contribution in [1.29, 1.82) is 0 Å². The van der Waals surface area contributed by atoms with Crippen LogP contribution in [0.2, 0.25) is 0 Å². The molecular weight excluding hydrogens is 278 g/mol. The Morgan fingerprint density at radius 1 is 1.50 bits per heavy atom. The van der Waals surface area contributed by atoms with Gasteiger partial charge >= 0.3 is 5.69 Å². The van der Waals surface area contributed by atoms with Gasteiger partial charge in [0.15, 0.2) is 0 Å². The Balaban J connectivity index is 1.76. The highest BCUT2D eigenvalue weighted by Gasteiger charge is 2.36. The van der Waals surface area contributed by atoms with Gasteiger partial charge in [0.2, 0.25) is 0 Å². The molecule has 1 saturated carbocycles. The summed E-state index contributed by atoms with van der Waals surface area (Å²) >= 11 is 1.58. The van der Waals surface area contributed by atoms with Gasteiger partial charge < -0.3 is 20.4 Å². The van der Waals surface area contributed by atoms with E-state index in [2.05, 4.69) is 15.3 Å². The predicted molar refractivity (Wildman–Crippen MR) is 74.7 cm³/mol. The number of imidazole rings is 1. The molecule has 0 saturated heterocycles. The van der Waals surface area contributed by atoms with E-state index >= 15 is 0 Å². The Morgan fingerprint density at radius 2 is 2.30 bits per heavy atom. The number of amides is 1. The van der Waals surface area contributed by atoms with Crippen LogP contribution in [0.4, 0.5) is 0 Å². The molecule has 2 heterocycles. The highest BCUT2D eigenvalue weighted by Crippen LogP contribution is 2.39. The average molecular weight is 293 g/mol. The Morgan fingerprint density at radius 3 is 2.85 bits per heavy atom. The Labute approximate surface area is 118 Å². The monoisotopic (exact) mass is 293 g/mol. The summed E-state index contributed by atoms with van der Waals surface area (Å²) in [7, 11) is 0. The summed E-state index contributed by atoms with van der Waals surface area (Å²) in [5, 5.41) is 14.4. The quantitative estimate of drug-likeness (QED) is 0.677. The first kappa shape index (κ1) is 13.1. The number of thiophene rings is 1. The molecule has 2 aromatic rings. The van der Waals surface area contributed by atoms with Crippen LogP contribution in [0.25, 0.3) is 0 Å². The lowest BCUT2D eigenvalue weighted by Gasteiger charge is -2.37. The number of carbonyl (C=O) groups is 1. The average Bonchev–Trinajstić information content (AvgIpc) is 3.03. The zero-order chi connectivity index (χ0) is 14.1. The van der Waals surface area contributed by atoms with Crippen molar-refractivity contribution in [1.82, 2.24) is 15.3 Å². The molecule has 0 spiro atoms. The van der Waals surface area contributed by atoms with Gasteiger partial charge in [-0.3, -0.25) is 4.79 Å². The molecular formula is C13H15N3O3S. The van der Waals surface area contributed by atoms with Crippen LogP contribution in [0.15, 0.2) is 28.5 Å². The van der Waals surface area contributed by atoms with Crippen molar-refractivity contribution < 1.29 is 9.90 Å². The molecule has 1 aliphatic carbocycles. The number of aliphatic hydroxyl groups is 1. The molecule has 4 N–H and O–H groups in total. The van der Waals surface area contributed by atoms with Gasteiger partial charge in [0.05, 0.1) is 12.1 Å². The fourth-order valence-corrected chi connectivity index (χ4v) is 3.33. The molecule has 1 fully saturated rings. The molecule has 1 amide bonds. The molecule has 20 heavy (non-hydrogen) atoms. The number of aromatic amines is 2. The number of nitrogens with one attached hydrogen (secondary N) is 3. The predicted octanol–water partition coefficient (Wildman–Crippen LogP) is 1.01. The Kier molecular flexibility index (Phi) is 3.45. The van der Waals surface area contributed by atoms with E-state index in [0.717, 1.165) is 4.88 Å². The van der Waals surface area contributed by atoms with Crippen LogP contribution in [0.5, 0.6) is 0 Å². The lowest BCUT2D eigenvalue weighted by molar-refractivity contribution is 0.0240. The molecule has 7 heteroatoms. The molecule has 0 unspecified atom stereocenters. The minimum atomic E-state index is -0.401. The minimum absolute atomic E-state index is 0.121. The third kappa shape index (κ3) is 2.54. The van der Waals surface area contributed by atoms with E-state index in [4.69, 9.17) is 0 Å². The number of aromatic nitrogens is 2. The topological polar surface area (TPSA) is 98.0 Å². The van der Waals surface area contributed by atoms with Gasteiger partial charge in [-0.25, -0.2) is 4.79 Å². The molecule has 0 bridgehead atoms. The van der Waals surface area contributed by atoms with Gasteiger partial charge in [-0.05, 0) is 30.2 Å². The zero-order valence-electron chi connectivity index (χ0n) is 10.6. The van der Waals surface area contributed by atoms with Gasteiger partial charge in [-0.2, -0.15) is 0 Å². The first-order chi connectivity index (χ1) is 9.63. The third-order valence-electron chi connectivity index (χ3n) is 3.60. The fraction of sp³-hybridized carbons (Fsp3) is 0.385. The van der Waals surface area contributed by atoms with Crippen LogP contribution in [0, 0.1) is 5.92 Å². The van der Waals surface area contributed by atoms with Crippen LogP contribution < -0.4 is 11.0 Å². The zero-order valence-corrected chi connectivity index (χ0v) is 11.4. The van der Waals surface area contributed by atoms with E-state index in [1.54, 1.807) is 11.3 Å². The SMILES string of the molecule is O=C(N[C@@H](c1cccs1)C1CC(O)C1)c1c[nH]c(=O)[nH]1. The first-order valence-electron chi connectivity index (χ1n) is 6.43. The second-order valence-corrected chi connectivity index (χ2v) is 5.99. The van der Waals surface area contributed by atoms with Gasteiger partial charge in [0, 0.05) is 11.1 Å². The summed E-state index contributed by atoms with van der Waals surface area (Å²) < 4.78 is 0. The number of hydrogen-bond acceptors (Lipinski definition) is 4. The maximum absolute atomic E-state index is 12.1. The van der Waals surface area contributed by atoms with E-state index in [-0.39, 0.29) is 29.7 Å². The Bertz CT molecular complexity index is 640. The molecule has 3 rings (SSSR count). The number of rotatable bonds is 4. The van der Waals surface area contributed by atoms with E-state index < -0.39 is 5.69 Å². The largest absolute Gasteiger partial charge is 0.393 e. The Hall–Kier alpha value is -1.86. The summed E-state index contributed by atoms with van der Waals surface area (Å²) in [6.45, 7) is 0.